The zero-order valence-electron chi connectivity index (χ0n) is 9.80. The van der Waals surface area contributed by atoms with Crippen LogP contribution in [0.2, 0.25) is 0 Å². The van der Waals surface area contributed by atoms with Crippen LogP contribution < -0.4 is 5.32 Å². The van der Waals surface area contributed by atoms with Crippen LogP contribution in [0.1, 0.15) is 40.5 Å². The van der Waals surface area contributed by atoms with E-state index in [0.29, 0.717) is 12.1 Å². The minimum absolute atomic E-state index is 0.113. The third-order valence-corrected chi connectivity index (χ3v) is 6.19. The van der Waals surface area contributed by atoms with Gasteiger partial charge in [-0.05, 0) is 42.1 Å². The molecule has 1 N–H and O–H groups in total. The summed E-state index contributed by atoms with van der Waals surface area (Å²) in [6, 6.07) is 1.02. The molecule has 0 spiro atoms. The van der Waals surface area contributed by atoms with Gasteiger partial charge >= 0.3 is 0 Å². The molecule has 84 valence electrons. The SMILES string of the molecule is C=S1(=O)CCC(NC(C)C)CC1(C)C. The Kier molecular flexibility index (Phi) is 3.32. The Morgan fingerprint density at radius 2 is 2.07 bits per heavy atom. The molecule has 2 atom stereocenters. The van der Waals surface area contributed by atoms with Gasteiger partial charge in [0.1, 0.15) is 0 Å². The largest absolute Gasteiger partial charge is 0.312 e. The van der Waals surface area contributed by atoms with Gasteiger partial charge in [0.15, 0.2) is 0 Å². The predicted octanol–water partition coefficient (Wildman–Crippen LogP) is 1.64. The fourth-order valence-electron chi connectivity index (χ4n) is 2.07. The average molecular weight is 217 g/mol. The van der Waals surface area contributed by atoms with Crippen molar-refractivity contribution in [3.8, 4) is 0 Å². The van der Waals surface area contributed by atoms with Crippen molar-refractivity contribution in [3.63, 3.8) is 0 Å². The van der Waals surface area contributed by atoms with Crippen molar-refractivity contribution in [1.82, 2.24) is 5.32 Å². The zero-order chi connectivity index (χ0) is 11.0. The van der Waals surface area contributed by atoms with Gasteiger partial charge in [-0.25, -0.2) is 0 Å². The molecule has 1 saturated heterocycles. The molecule has 0 aromatic heterocycles. The summed E-state index contributed by atoms with van der Waals surface area (Å²) in [5.74, 6) is 4.66. The molecule has 3 heteroatoms. The van der Waals surface area contributed by atoms with Crippen molar-refractivity contribution in [2.45, 2.75) is 57.4 Å². The van der Waals surface area contributed by atoms with E-state index in [4.69, 9.17) is 0 Å². The Labute approximate surface area is 88.5 Å². The zero-order valence-corrected chi connectivity index (χ0v) is 10.6. The van der Waals surface area contributed by atoms with Crippen LogP contribution in [-0.4, -0.2) is 32.7 Å². The fourth-order valence-corrected chi connectivity index (χ4v) is 3.79. The highest BCUT2D eigenvalue weighted by Crippen LogP contribution is 2.30. The van der Waals surface area contributed by atoms with E-state index in [1.165, 1.54) is 0 Å². The lowest BCUT2D eigenvalue weighted by Gasteiger charge is -2.39. The Bertz CT molecular complexity index is 290. The van der Waals surface area contributed by atoms with Crippen molar-refractivity contribution in [3.05, 3.63) is 0 Å². The van der Waals surface area contributed by atoms with Gasteiger partial charge in [-0.1, -0.05) is 13.8 Å². The van der Waals surface area contributed by atoms with Crippen molar-refractivity contribution < 1.29 is 4.21 Å². The summed E-state index contributed by atoms with van der Waals surface area (Å²) in [5, 5.41) is 3.52. The summed E-state index contributed by atoms with van der Waals surface area (Å²) in [4.78, 5) is 0. The van der Waals surface area contributed by atoms with E-state index in [0.717, 1.165) is 18.6 Å². The first-order valence-electron chi connectivity index (χ1n) is 5.35. The Hall–Kier alpha value is -0.0200. The summed E-state index contributed by atoms with van der Waals surface area (Å²) in [6.45, 7) is 8.47. The van der Waals surface area contributed by atoms with Gasteiger partial charge in [0.05, 0.1) is 0 Å². The van der Waals surface area contributed by atoms with Crippen LogP contribution in [0.3, 0.4) is 0 Å². The topological polar surface area (TPSA) is 29.1 Å². The van der Waals surface area contributed by atoms with E-state index in [-0.39, 0.29) is 4.75 Å². The first-order chi connectivity index (χ1) is 6.24. The second-order valence-electron chi connectivity index (χ2n) is 5.29. The smallest absolute Gasteiger partial charge is 0.0342 e. The van der Waals surface area contributed by atoms with Crippen LogP contribution in [0.25, 0.3) is 0 Å². The lowest BCUT2D eigenvalue weighted by molar-refractivity contribution is 0.380. The monoisotopic (exact) mass is 217 g/mol. The van der Waals surface area contributed by atoms with Crippen LogP contribution in [0.4, 0.5) is 0 Å². The summed E-state index contributed by atoms with van der Waals surface area (Å²) >= 11 is 0. The number of nitrogens with one attached hydrogen (secondary N) is 1. The van der Waals surface area contributed by atoms with Gasteiger partial charge in [-0.2, -0.15) is 0 Å². The second-order valence-corrected chi connectivity index (χ2v) is 8.42. The van der Waals surface area contributed by atoms with Crippen molar-refractivity contribution in [2.75, 3.05) is 5.75 Å². The van der Waals surface area contributed by atoms with Gasteiger partial charge < -0.3 is 5.32 Å². The average Bonchev–Trinajstić information content (AvgIpc) is 1.96. The van der Waals surface area contributed by atoms with Crippen LogP contribution in [0, 0.1) is 0 Å². The molecular formula is C11H23NOS. The third kappa shape index (κ3) is 2.51. The molecule has 0 saturated carbocycles. The molecule has 1 heterocycles. The fraction of sp³-hybridized carbons (Fsp3) is 0.909. The summed E-state index contributed by atoms with van der Waals surface area (Å²) in [5.41, 5.74) is 0. The molecule has 0 aromatic carbocycles. The predicted molar refractivity (Wildman–Crippen MR) is 65.5 cm³/mol. The summed E-state index contributed by atoms with van der Waals surface area (Å²) in [6.07, 6.45) is 1.98. The summed E-state index contributed by atoms with van der Waals surface area (Å²) in [7, 11) is -1.87. The number of hydrogen-bond donors (Lipinski definition) is 1. The molecule has 1 fully saturated rings. The van der Waals surface area contributed by atoms with E-state index >= 15 is 0 Å². The lowest BCUT2D eigenvalue weighted by Crippen LogP contribution is -2.49. The van der Waals surface area contributed by atoms with Crippen LogP contribution in [-0.2, 0) is 9.52 Å². The molecule has 2 nitrogen and oxygen atoms in total. The number of hydrogen-bond acceptors (Lipinski definition) is 2. The maximum Gasteiger partial charge on any atom is 0.0342 e. The molecule has 0 radical (unpaired) electrons. The molecule has 0 aliphatic carbocycles. The molecule has 0 amide bonds. The molecule has 1 aliphatic rings. The Morgan fingerprint density at radius 1 is 1.50 bits per heavy atom. The highest BCUT2D eigenvalue weighted by atomic mass is 32.2. The lowest BCUT2D eigenvalue weighted by atomic mass is 9.99. The van der Waals surface area contributed by atoms with Crippen molar-refractivity contribution in [1.29, 1.82) is 0 Å². The van der Waals surface area contributed by atoms with Gasteiger partial charge in [0.2, 0.25) is 0 Å². The van der Waals surface area contributed by atoms with Crippen molar-refractivity contribution in [2.24, 2.45) is 0 Å². The van der Waals surface area contributed by atoms with E-state index in [2.05, 4.69) is 38.9 Å². The van der Waals surface area contributed by atoms with Crippen LogP contribution in [0.15, 0.2) is 0 Å². The van der Waals surface area contributed by atoms with Crippen LogP contribution in [0.5, 0.6) is 0 Å². The van der Waals surface area contributed by atoms with E-state index in [1.54, 1.807) is 0 Å². The molecular weight excluding hydrogens is 194 g/mol. The maximum absolute atomic E-state index is 12.2. The summed E-state index contributed by atoms with van der Waals surface area (Å²) < 4.78 is 12.0. The minimum atomic E-state index is -1.87. The minimum Gasteiger partial charge on any atom is -0.312 e. The van der Waals surface area contributed by atoms with E-state index < -0.39 is 9.52 Å². The number of rotatable bonds is 2. The van der Waals surface area contributed by atoms with Crippen molar-refractivity contribution >= 4 is 15.4 Å². The van der Waals surface area contributed by atoms with E-state index in [9.17, 15) is 4.21 Å². The molecule has 0 bridgehead atoms. The van der Waals surface area contributed by atoms with Gasteiger partial charge in [0, 0.05) is 22.6 Å². The molecule has 1 aliphatic heterocycles. The highest BCUT2D eigenvalue weighted by Gasteiger charge is 2.36. The first-order valence-corrected chi connectivity index (χ1v) is 7.25. The Morgan fingerprint density at radius 3 is 2.50 bits per heavy atom. The normalized spacial score (nSPS) is 37.4. The van der Waals surface area contributed by atoms with Gasteiger partial charge in [-0.3, -0.25) is 4.21 Å². The van der Waals surface area contributed by atoms with Crippen LogP contribution >= 0.6 is 0 Å². The first kappa shape index (κ1) is 12.1. The highest BCUT2D eigenvalue weighted by molar-refractivity contribution is 8.01. The molecule has 1 rings (SSSR count). The van der Waals surface area contributed by atoms with Gasteiger partial charge in [0.25, 0.3) is 0 Å². The molecule has 2 unspecified atom stereocenters. The van der Waals surface area contributed by atoms with E-state index in [1.807, 2.05) is 0 Å². The third-order valence-electron chi connectivity index (χ3n) is 3.11. The quantitative estimate of drug-likeness (QED) is 0.713. The molecule has 14 heavy (non-hydrogen) atoms. The molecule has 0 aromatic rings. The Balaban J connectivity index is 2.68. The van der Waals surface area contributed by atoms with Gasteiger partial charge in [-0.15, -0.1) is 0 Å². The second kappa shape index (κ2) is 3.86. The maximum atomic E-state index is 12.2. The standard InChI is InChI=1S/C11H23NOS/c1-9(2)12-10-6-7-14(5,13)11(3,4)8-10/h9-10,12H,5-8H2,1-4H3.